The van der Waals surface area contributed by atoms with E-state index in [1.807, 2.05) is 20.8 Å². The Morgan fingerprint density at radius 2 is 2.22 bits per heavy atom. The van der Waals surface area contributed by atoms with Crippen LogP contribution in [0.2, 0.25) is 0 Å². The highest BCUT2D eigenvalue weighted by Gasteiger charge is 2.22. The summed E-state index contributed by atoms with van der Waals surface area (Å²) < 4.78 is 10.0. The summed E-state index contributed by atoms with van der Waals surface area (Å²) in [5, 5.41) is 12.3. The number of aliphatic hydroxyl groups excluding tert-OH is 1. The normalized spacial score (nSPS) is 13.4. The highest BCUT2D eigenvalue weighted by atomic mass is 16.5. The Bertz CT molecular complexity index is 397. The second-order valence-corrected chi connectivity index (χ2v) is 4.92. The highest BCUT2D eigenvalue weighted by molar-refractivity contribution is 5.86. The van der Waals surface area contributed by atoms with Crippen LogP contribution in [0, 0.1) is 0 Å². The Hall–Kier alpha value is -1.33. The standard InChI is InChI=1S/C13H21NO4/c1-9(14-13(2,3)7-8-15)10-5-6-11(18-10)12(16)17-4/h5-6,9,14-15H,7-8H2,1-4H3. The van der Waals surface area contributed by atoms with Gasteiger partial charge in [-0.1, -0.05) is 0 Å². The van der Waals surface area contributed by atoms with E-state index in [0.717, 1.165) is 0 Å². The fraction of sp³-hybridized carbons (Fsp3) is 0.615. The summed E-state index contributed by atoms with van der Waals surface area (Å²) in [4.78, 5) is 11.3. The zero-order valence-electron chi connectivity index (χ0n) is 11.3. The molecule has 1 rings (SSSR count). The summed E-state index contributed by atoms with van der Waals surface area (Å²) in [7, 11) is 1.32. The van der Waals surface area contributed by atoms with Crippen molar-refractivity contribution in [1.29, 1.82) is 0 Å². The van der Waals surface area contributed by atoms with Gasteiger partial charge in [-0.15, -0.1) is 0 Å². The van der Waals surface area contributed by atoms with E-state index in [1.165, 1.54) is 7.11 Å². The summed E-state index contributed by atoms with van der Waals surface area (Å²) in [5.74, 6) is 0.380. The maximum Gasteiger partial charge on any atom is 0.373 e. The first-order valence-electron chi connectivity index (χ1n) is 5.96. The molecule has 0 aromatic carbocycles. The van der Waals surface area contributed by atoms with Gasteiger partial charge in [0.05, 0.1) is 13.2 Å². The number of furan rings is 1. The van der Waals surface area contributed by atoms with Crippen molar-refractivity contribution in [3.63, 3.8) is 0 Å². The van der Waals surface area contributed by atoms with Crippen molar-refractivity contribution in [2.75, 3.05) is 13.7 Å². The molecule has 18 heavy (non-hydrogen) atoms. The predicted molar refractivity (Wildman–Crippen MR) is 67.4 cm³/mol. The minimum Gasteiger partial charge on any atom is -0.463 e. The first-order chi connectivity index (χ1) is 8.39. The van der Waals surface area contributed by atoms with Crippen molar-refractivity contribution < 1.29 is 19.1 Å². The molecule has 0 amide bonds. The molecular formula is C13H21NO4. The lowest BCUT2D eigenvalue weighted by Gasteiger charge is -2.28. The number of methoxy groups -OCH3 is 1. The Balaban J connectivity index is 2.70. The molecule has 0 spiro atoms. The van der Waals surface area contributed by atoms with Crippen molar-refractivity contribution >= 4 is 5.97 Å². The molecule has 0 bridgehead atoms. The van der Waals surface area contributed by atoms with Crippen molar-refractivity contribution in [3.05, 3.63) is 23.7 Å². The van der Waals surface area contributed by atoms with Gasteiger partial charge in [0, 0.05) is 12.1 Å². The van der Waals surface area contributed by atoms with Crippen LogP contribution >= 0.6 is 0 Å². The van der Waals surface area contributed by atoms with Crippen molar-refractivity contribution in [2.45, 2.75) is 38.8 Å². The van der Waals surface area contributed by atoms with E-state index >= 15 is 0 Å². The lowest BCUT2D eigenvalue weighted by molar-refractivity contribution is 0.0562. The van der Waals surface area contributed by atoms with Crippen LogP contribution in [0.15, 0.2) is 16.5 Å². The second-order valence-electron chi connectivity index (χ2n) is 4.92. The maximum atomic E-state index is 11.3. The number of ether oxygens (including phenoxy) is 1. The molecule has 0 fully saturated rings. The molecule has 0 radical (unpaired) electrons. The minimum absolute atomic E-state index is 0.0510. The first-order valence-corrected chi connectivity index (χ1v) is 5.96. The number of hydrogen-bond acceptors (Lipinski definition) is 5. The SMILES string of the molecule is COC(=O)c1ccc(C(C)NC(C)(C)CCO)o1. The van der Waals surface area contributed by atoms with Gasteiger partial charge in [-0.25, -0.2) is 4.79 Å². The van der Waals surface area contributed by atoms with E-state index in [1.54, 1.807) is 12.1 Å². The number of nitrogens with one attached hydrogen (secondary N) is 1. The van der Waals surface area contributed by atoms with Gasteiger partial charge < -0.3 is 19.6 Å². The fourth-order valence-corrected chi connectivity index (χ4v) is 1.80. The molecule has 0 aliphatic carbocycles. The Labute approximate surface area is 107 Å². The number of carbonyl (C=O) groups excluding carboxylic acids is 1. The summed E-state index contributed by atoms with van der Waals surface area (Å²) in [5.41, 5.74) is -0.202. The molecule has 2 N–H and O–H groups in total. The van der Waals surface area contributed by atoms with Gasteiger partial charge >= 0.3 is 5.97 Å². The summed E-state index contributed by atoms with van der Waals surface area (Å²) in [6.45, 7) is 6.07. The third kappa shape index (κ3) is 3.85. The fourth-order valence-electron chi connectivity index (χ4n) is 1.80. The molecule has 0 saturated heterocycles. The molecule has 0 aliphatic heterocycles. The van der Waals surface area contributed by atoms with Crippen LogP contribution in [0.4, 0.5) is 0 Å². The van der Waals surface area contributed by atoms with Crippen LogP contribution in [-0.4, -0.2) is 30.3 Å². The van der Waals surface area contributed by atoms with E-state index in [9.17, 15) is 4.79 Å². The molecule has 1 heterocycles. The van der Waals surface area contributed by atoms with Crippen LogP contribution in [0.25, 0.3) is 0 Å². The van der Waals surface area contributed by atoms with Crippen LogP contribution < -0.4 is 5.32 Å². The van der Waals surface area contributed by atoms with E-state index in [2.05, 4.69) is 10.1 Å². The molecule has 5 heteroatoms. The van der Waals surface area contributed by atoms with E-state index < -0.39 is 5.97 Å². The maximum absolute atomic E-state index is 11.3. The Morgan fingerprint density at radius 3 is 2.78 bits per heavy atom. The molecule has 1 unspecified atom stereocenters. The van der Waals surface area contributed by atoms with Crippen molar-refractivity contribution in [1.82, 2.24) is 5.32 Å². The summed E-state index contributed by atoms with van der Waals surface area (Å²) in [6.07, 6.45) is 0.641. The molecular weight excluding hydrogens is 234 g/mol. The van der Waals surface area contributed by atoms with E-state index in [4.69, 9.17) is 9.52 Å². The van der Waals surface area contributed by atoms with Crippen molar-refractivity contribution in [2.24, 2.45) is 0 Å². The molecule has 102 valence electrons. The molecule has 0 aliphatic rings. The van der Waals surface area contributed by atoms with Gasteiger partial charge in [-0.3, -0.25) is 0 Å². The van der Waals surface area contributed by atoms with Gasteiger partial charge in [0.25, 0.3) is 0 Å². The third-order valence-electron chi connectivity index (χ3n) is 2.78. The third-order valence-corrected chi connectivity index (χ3v) is 2.78. The van der Waals surface area contributed by atoms with Gasteiger partial charge in [0.2, 0.25) is 5.76 Å². The van der Waals surface area contributed by atoms with Crippen molar-refractivity contribution in [3.8, 4) is 0 Å². The highest BCUT2D eigenvalue weighted by Crippen LogP contribution is 2.21. The number of hydrogen-bond donors (Lipinski definition) is 2. The average Bonchev–Trinajstić information content (AvgIpc) is 2.76. The van der Waals surface area contributed by atoms with Gasteiger partial charge in [0.1, 0.15) is 5.76 Å². The summed E-state index contributed by atoms with van der Waals surface area (Å²) in [6, 6.07) is 3.29. The topological polar surface area (TPSA) is 71.7 Å². The largest absolute Gasteiger partial charge is 0.463 e. The van der Waals surface area contributed by atoms with Gasteiger partial charge in [-0.2, -0.15) is 0 Å². The monoisotopic (exact) mass is 255 g/mol. The van der Waals surface area contributed by atoms with Crippen LogP contribution in [0.1, 0.15) is 49.5 Å². The number of rotatable bonds is 6. The van der Waals surface area contributed by atoms with Gasteiger partial charge in [-0.05, 0) is 39.3 Å². The van der Waals surface area contributed by atoms with Crippen LogP contribution in [0.5, 0.6) is 0 Å². The zero-order chi connectivity index (χ0) is 13.8. The smallest absolute Gasteiger partial charge is 0.373 e. The lowest BCUT2D eigenvalue weighted by atomic mass is 9.99. The van der Waals surface area contributed by atoms with Gasteiger partial charge in [0.15, 0.2) is 0 Å². The zero-order valence-corrected chi connectivity index (χ0v) is 11.3. The number of carbonyl (C=O) groups is 1. The van der Waals surface area contributed by atoms with E-state index in [-0.39, 0.29) is 23.9 Å². The molecule has 1 atom stereocenters. The molecule has 1 aromatic heterocycles. The Kier molecular flexibility index (Phi) is 4.93. The lowest BCUT2D eigenvalue weighted by Crippen LogP contribution is -2.41. The Morgan fingerprint density at radius 1 is 1.56 bits per heavy atom. The molecule has 1 aromatic rings. The summed E-state index contributed by atoms with van der Waals surface area (Å²) >= 11 is 0. The van der Waals surface area contributed by atoms with E-state index in [0.29, 0.717) is 12.2 Å². The number of aliphatic hydroxyl groups is 1. The quantitative estimate of drug-likeness (QED) is 0.759. The molecule has 0 saturated carbocycles. The average molecular weight is 255 g/mol. The van der Waals surface area contributed by atoms with Crippen LogP contribution in [-0.2, 0) is 4.74 Å². The number of esters is 1. The van der Waals surface area contributed by atoms with Crippen LogP contribution in [0.3, 0.4) is 0 Å². The minimum atomic E-state index is -0.483. The second kappa shape index (κ2) is 6.02. The first kappa shape index (κ1) is 14.7. The predicted octanol–water partition coefficient (Wildman–Crippen LogP) is 1.88. The molecule has 5 nitrogen and oxygen atoms in total.